The third kappa shape index (κ3) is 1.38. The number of nitrogens with zero attached hydrogens (tertiary/aromatic N) is 1. The number of nitrogens with one attached hydrogen (secondary N) is 1. The van der Waals surface area contributed by atoms with Gasteiger partial charge in [0.2, 0.25) is 0 Å². The summed E-state index contributed by atoms with van der Waals surface area (Å²) in [6, 6.07) is 3.22. The predicted octanol–water partition coefficient (Wildman–Crippen LogP) is 3.00. The Morgan fingerprint density at radius 1 is 1.27 bits per heavy atom. The van der Waals surface area contributed by atoms with Crippen LogP contribution in [0.2, 0.25) is 0 Å². The molecule has 4 heteroatoms. The molecule has 4 nitrogen and oxygen atoms in total. The van der Waals surface area contributed by atoms with Crippen LogP contribution >= 0.6 is 0 Å². The van der Waals surface area contributed by atoms with Crippen LogP contribution in [0.4, 0.5) is 5.69 Å². The van der Waals surface area contributed by atoms with Crippen molar-refractivity contribution in [1.29, 1.82) is 0 Å². The second-order valence-corrected chi connectivity index (χ2v) is 3.82. The topological polar surface area (TPSA) is 58.9 Å². The van der Waals surface area contributed by atoms with E-state index in [-0.39, 0.29) is 10.6 Å². The minimum absolute atomic E-state index is 0.155. The molecule has 2 aromatic rings. The maximum atomic E-state index is 10.7. The summed E-state index contributed by atoms with van der Waals surface area (Å²) < 4.78 is 0. The van der Waals surface area contributed by atoms with Gasteiger partial charge in [-0.1, -0.05) is 0 Å². The molecule has 1 aromatic carbocycles. The van der Waals surface area contributed by atoms with Crippen molar-refractivity contribution in [1.82, 2.24) is 4.98 Å². The number of benzene rings is 1. The third-order valence-electron chi connectivity index (χ3n) is 2.81. The zero-order valence-corrected chi connectivity index (χ0v) is 8.92. The van der Waals surface area contributed by atoms with Gasteiger partial charge in [0, 0.05) is 28.7 Å². The van der Waals surface area contributed by atoms with Crippen molar-refractivity contribution < 1.29 is 4.92 Å². The Kier molecular flexibility index (Phi) is 2.00. The highest BCUT2D eigenvalue weighted by Gasteiger charge is 2.13. The Morgan fingerprint density at radius 3 is 2.53 bits per heavy atom. The molecule has 0 unspecified atom stereocenters. The first-order chi connectivity index (χ1) is 7.00. The number of nitro benzene ring substituents is 1. The molecule has 1 heterocycles. The van der Waals surface area contributed by atoms with Gasteiger partial charge in [-0.3, -0.25) is 10.1 Å². The fourth-order valence-corrected chi connectivity index (χ4v) is 1.82. The van der Waals surface area contributed by atoms with Gasteiger partial charge in [0.15, 0.2) is 0 Å². The molecule has 0 aliphatic heterocycles. The molecule has 0 radical (unpaired) electrons. The SMILES string of the molecule is Cc1[nH]c2c(C)cc([N+](=O)[O-])cc2c1C. The monoisotopic (exact) mass is 204 g/mol. The fraction of sp³-hybridized carbons (Fsp3) is 0.273. The van der Waals surface area contributed by atoms with E-state index in [1.807, 2.05) is 20.8 Å². The fourth-order valence-electron chi connectivity index (χ4n) is 1.82. The minimum atomic E-state index is -0.353. The summed E-state index contributed by atoms with van der Waals surface area (Å²) in [5, 5.41) is 11.7. The van der Waals surface area contributed by atoms with Crippen molar-refractivity contribution in [3.05, 3.63) is 39.1 Å². The molecule has 78 valence electrons. The molecule has 0 fully saturated rings. The van der Waals surface area contributed by atoms with Gasteiger partial charge in [-0.25, -0.2) is 0 Å². The van der Waals surface area contributed by atoms with E-state index in [0.717, 1.165) is 27.7 Å². The Balaban J connectivity index is 2.85. The molecule has 0 aliphatic rings. The number of aromatic amines is 1. The molecule has 1 N–H and O–H groups in total. The highest BCUT2D eigenvalue weighted by Crippen LogP contribution is 2.28. The normalized spacial score (nSPS) is 10.9. The molecule has 0 aliphatic carbocycles. The summed E-state index contributed by atoms with van der Waals surface area (Å²) >= 11 is 0. The van der Waals surface area contributed by atoms with Gasteiger partial charge < -0.3 is 4.98 Å². The summed E-state index contributed by atoms with van der Waals surface area (Å²) in [6.45, 7) is 5.82. The summed E-state index contributed by atoms with van der Waals surface area (Å²) in [7, 11) is 0. The number of hydrogen-bond acceptors (Lipinski definition) is 2. The summed E-state index contributed by atoms with van der Waals surface area (Å²) in [5.74, 6) is 0. The summed E-state index contributed by atoms with van der Waals surface area (Å²) in [5.41, 5.74) is 4.21. The van der Waals surface area contributed by atoms with Gasteiger partial charge in [-0.15, -0.1) is 0 Å². The average molecular weight is 204 g/mol. The Hall–Kier alpha value is -1.84. The summed E-state index contributed by atoms with van der Waals surface area (Å²) in [6.07, 6.45) is 0. The number of fused-ring (bicyclic) bond motifs is 1. The second-order valence-electron chi connectivity index (χ2n) is 3.82. The Labute approximate surface area is 87.1 Å². The number of nitro groups is 1. The van der Waals surface area contributed by atoms with Gasteiger partial charge in [0.25, 0.3) is 5.69 Å². The highest BCUT2D eigenvalue weighted by atomic mass is 16.6. The lowest BCUT2D eigenvalue weighted by molar-refractivity contribution is -0.384. The van der Waals surface area contributed by atoms with Crippen molar-refractivity contribution in [2.75, 3.05) is 0 Å². The number of rotatable bonds is 1. The van der Waals surface area contributed by atoms with Gasteiger partial charge in [-0.05, 0) is 31.9 Å². The van der Waals surface area contributed by atoms with Crippen LogP contribution in [0, 0.1) is 30.9 Å². The molecule has 0 saturated heterocycles. The zero-order chi connectivity index (χ0) is 11.2. The lowest BCUT2D eigenvalue weighted by Gasteiger charge is -1.97. The van der Waals surface area contributed by atoms with E-state index < -0.39 is 0 Å². The van der Waals surface area contributed by atoms with Gasteiger partial charge >= 0.3 is 0 Å². The molecule has 0 bridgehead atoms. The number of H-pyrrole nitrogens is 1. The van der Waals surface area contributed by atoms with Crippen LogP contribution in [0.5, 0.6) is 0 Å². The molecule has 0 amide bonds. The van der Waals surface area contributed by atoms with E-state index in [2.05, 4.69) is 4.98 Å². The maximum absolute atomic E-state index is 10.7. The molecule has 0 spiro atoms. The van der Waals surface area contributed by atoms with Crippen molar-refractivity contribution in [2.24, 2.45) is 0 Å². The van der Waals surface area contributed by atoms with Crippen LogP contribution < -0.4 is 0 Å². The van der Waals surface area contributed by atoms with Crippen LogP contribution in [0.15, 0.2) is 12.1 Å². The highest BCUT2D eigenvalue weighted by molar-refractivity contribution is 5.89. The van der Waals surface area contributed by atoms with Gasteiger partial charge in [-0.2, -0.15) is 0 Å². The first kappa shape index (κ1) is 9.71. The average Bonchev–Trinajstić information content (AvgIpc) is 2.45. The van der Waals surface area contributed by atoms with Crippen molar-refractivity contribution in [3.8, 4) is 0 Å². The smallest absolute Gasteiger partial charge is 0.270 e. The molecule has 0 atom stereocenters. The van der Waals surface area contributed by atoms with Crippen molar-refractivity contribution >= 4 is 16.6 Å². The van der Waals surface area contributed by atoms with Crippen LogP contribution in [0.25, 0.3) is 10.9 Å². The van der Waals surface area contributed by atoms with Crippen LogP contribution in [-0.2, 0) is 0 Å². The lowest BCUT2D eigenvalue weighted by atomic mass is 10.1. The molecule has 15 heavy (non-hydrogen) atoms. The minimum Gasteiger partial charge on any atom is -0.358 e. The van der Waals surface area contributed by atoms with Crippen LogP contribution in [0.3, 0.4) is 0 Å². The second kappa shape index (κ2) is 3.08. The van der Waals surface area contributed by atoms with E-state index in [1.165, 1.54) is 0 Å². The van der Waals surface area contributed by atoms with Gasteiger partial charge in [0.05, 0.1) is 4.92 Å². The van der Waals surface area contributed by atoms with Crippen LogP contribution in [-0.4, -0.2) is 9.91 Å². The quantitative estimate of drug-likeness (QED) is 0.573. The van der Waals surface area contributed by atoms with Crippen molar-refractivity contribution in [2.45, 2.75) is 20.8 Å². The molecule has 2 rings (SSSR count). The van der Waals surface area contributed by atoms with Crippen LogP contribution in [0.1, 0.15) is 16.8 Å². The molecule has 0 saturated carbocycles. The lowest BCUT2D eigenvalue weighted by Crippen LogP contribution is -1.89. The summed E-state index contributed by atoms with van der Waals surface area (Å²) in [4.78, 5) is 13.6. The van der Waals surface area contributed by atoms with Gasteiger partial charge in [0.1, 0.15) is 0 Å². The first-order valence-electron chi connectivity index (χ1n) is 4.74. The maximum Gasteiger partial charge on any atom is 0.270 e. The van der Waals surface area contributed by atoms with E-state index >= 15 is 0 Å². The van der Waals surface area contributed by atoms with E-state index in [1.54, 1.807) is 12.1 Å². The standard InChI is InChI=1S/C11H12N2O2/c1-6-4-9(13(14)15)5-10-7(2)8(3)12-11(6)10/h4-5,12H,1-3H3. The Bertz CT molecular complexity index is 555. The van der Waals surface area contributed by atoms with E-state index in [9.17, 15) is 10.1 Å². The largest absolute Gasteiger partial charge is 0.358 e. The third-order valence-corrected chi connectivity index (χ3v) is 2.81. The van der Waals surface area contributed by atoms with Crippen molar-refractivity contribution in [3.63, 3.8) is 0 Å². The van der Waals surface area contributed by atoms with E-state index in [0.29, 0.717) is 0 Å². The number of aryl methyl sites for hydroxylation is 3. The number of aromatic nitrogens is 1. The van der Waals surface area contributed by atoms with E-state index in [4.69, 9.17) is 0 Å². The first-order valence-corrected chi connectivity index (χ1v) is 4.74. The zero-order valence-electron chi connectivity index (χ0n) is 8.92. The Morgan fingerprint density at radius 2 is 1.93 bits per heavy atom. The number of hydrogen-bond donors (Lipinski definition) is 1. The molecular formula is C11H12N2O2. The predicted molar refractivity (Wildman–Crippen MR) is 59.2 cm³/mol. The molecule has 1 aromatic heterocycles. The molecular weight excluding hydrogens is 192 g/mol. The number of non-ortho nitro benzene ring substituents is 1.